The molecule has 0 amide bonds. The molecular weight excluding hydrogens is 230 g/mol. The monoisotopic (exact) mass is 247 g/mol. The Balaban J connectivity index is 2.72. The van der Waals surface area contributed by atoms with Gasteiger partial charge in [0.05, 0.1) is 17.8 Å². The van der Waals surface area contributed by atoms with Crippen LogP contribution in [0.15, 0.2) is 11.4 Å². The summed E-state index contributed by atoms with van der Waals surface area (Å²) in [4.78, 5) is 4.56. The van der Waals surface area contributed by atoms with E-state index in [9.17, 15) is 0 Å². The molecule has 0 aliphatic heterocycles. The van der Waals surface area contributed by atoms with Crippen molar-refractivity contribution < 1.29 is 4.74 Å². The van der Waals surface area contributed by atoms with E-state index in [1.165, 1.54) is 16.7 Å². The van der Waals surface area contributed by atoms with Crippen LogP contribution in [0, 0.1) is 27.7 Å². The number of thiazole rings is 1. The molecule has 0 atom stereocenters. The Morgan fingerprint density at radius 3 is 2.35 bits per heavy atom. The molecule has 0 N–H and O–H groups in total. The van der Waals surface area contributed by atoms with Gasteiger partial charge in [-0.15, -0.1) is 11.3 Å². The third-order valence-corrected chi connectivity index (χ3v) is 3.84. The Kier molecular flexibility index (Phi) is 3.20. The highest BCUT2D eigenvalue weighted by Gasteiger charge is 2.15. The third-order valence-electron chi connectivity index (χ3n) is 3.07. The van der Waals surface area contributed by atoms with Crippen LogP contribution in [0.25, 0.3) is 11.3 Å². The zero-order valence-electron chi connectivity index (χ0n) is 10.9. The number of hydrogen-bond acceptors (Lipinski definition) is 3. The Bertz CT molecular complexity index is 558. The quantitative estimate of drug-likeness (QED) is 0.798. The summed E-state index contributed by atoms with van der Waals surface area (Å²) in [6.07, 6.45) is 0. The van der Waals surface area contributed by atoms with Crippen LogP contribution < -0.4 is 4.74 Å². The van der Waals surface area contributed by atoms with Gasteiger partial charge in [0.25, 0.3) is 0 Å². The van der Waals surface area contributed by atoms with Crippen LogP contribution >= 0.6 is 11.3 Å². The minimum Gasteiger partial charge on any atom is -0.496 e. The molecule has 2 rings (SSSR count). The molecule has 0 bridgehead atoms. The van der Waals surface area contributed by atoms with Gasteiger partial charge < -0.3 is 4.74 Å². The van der Waals surface area contributed by atoms with E-state index in [-0.39, 0.29) is 0 Å². The van der Waals surface area contributed by atoms with Crippen LogP contribution in [0.2, 0.25) is 0 Å². The highest BCUT2D eigenvalue weighted by Crippen LogP contribution is 2.37. The normalized spacial score (nSPS) is 10.6. The molecule has 0 radical (unpaired) electrons. The van der Waals surface area contributed by atoms with E-state index in [1.807, 2.05) is 6.92 Å². The van der Waals surface area contributed by atoms with Gasteiger partial charge in [-0.2, -0.15) is 0 Å². The molecule has 0 spiro atoms. The van der Waals surface area contributed by atoms with Gasteiger partial charge in [-0.25, -0.2) is 4.98 Å². The van der Waals surface area contributed by atoms with Crippen molar-refractivity contribution in [2.75, 3.05) is 7.11 Å². The fourth-order valence-electron chi connectivity index (χ4n) is 2.10. The molecule has 0 saturated carbocycles. The number of benzene rings is 1. The van der Waals surface area contributed by atoms with Crippen LogP contribution in [0.4, 0.5) is 0 Å². The van der Waals surface area contributed by atoms with Crippen molar-refractivity contribution in [1.82, 2.24) is 4.98 Å². The first-order chi connectivity index (χ1) is 8.04. The van der Waals surface area contributed by atoms with E-state index in [0.717, 1.165) is 22.0 Å². The van der Waals surface area contributed by atoms with Gasteiger partial charge in [-0.3, -0.25) is 0 Å². The van der Waals surface area contributed by atoms with Crippen molar-refractivity contribution in [3.05, 3.63) is 33.1 Å². The van der Waals surface area contributed by atoms with Crippen LogP contribution in [-0.4, -0.2) is 12.1 Å². The number of aryl methyl sites for hydroxylation is 3. The first-order valence-electron chi connectivity index (χ1n) is 5.62. The molecular formula is C14H17NOS. The van der Waals surface area contributed by atoms with E-state index >= 15 is 0 Å². The van der Waals surface area contributed by atoms with Crippen LogP contribution in [-0.2, 0) is 0 Å². The van der Waals surface area contributed by atoms with Crippen molar-refractivity contribution >= 4 is 11.3 Å². The minimum absolute atomic E-state index is 0.952. The molecule has 17 heavy (non-hydrogen) atoms. The molecule has 0 unspecified atom stereocenters. The summed E-state index contributed by atoms with van der Waals surface area (Å²) in [6, 6.07) is 2.20. The van der Waals surface area contributed by atoms with Crippen molar-refractivity contribution in [3.63, 3.8) is 0 Å². The fraction of sp³-hybridized carbons (Fsp3) is 0.357. The maximum absolute atomic E-state index is 5.57. The minimum atomic E-state index is 0.952. The summed E-state index contributed by atoms with van der Waals surface area (Å²) in [5, 5.41) is 3.18. The maximum Gasteiger partial charge on any atom is 0.131 e. The second-order valence-electron chi connectivity index (χ2n) is 4.30. The van der Waals surface area contributed by atoms with Gasteiger partial charge >= 0.3 is 0 Å². The summed E-state index contributed by atoms with van der Waals surface area (Å²) < 4.78 is 5.57. The number of aromatic nitrogens is 1. The summed E-state index contributed by atoms with van der Waals surface area (Å²) in [5.41, 5.74) is 5.81. The molecule has 1 aromatic carbocycles. The maximum atomic E-state index is 5.57. The average molecular weight is 247 g/mol. The van der Waals surface area contributed by atoms with Gasteiger partial charge in [0.2, 0.25) is 0 Å². The molecule has 0 saturated heterocycles. The molecule has 0 fully saturated rings. The van der Waals surface area contributed by atoms with Crippen LogP contribution in [0.5, 0.6) is 5.75 Å². The van der Waals surface area contributed by atoms with Gasteiger partial charge in [0, 0.05) is 10.9 Å². The molecule has 1 aromatic heterocycles. The lowest BCUT2D eigenvalue weighted by Gasteiger charge is -2.15. The van der Waals surface area contributed by atoms with Gasteiger partial charge in [-0.05, 0) is 44.4 Å². The van der Waals surface area contributed by atoms with Crippen molar-refractivity contribution in [2.24, 2.45) is 0 Å². The second kappa shape index (κ2) is 4.49. The lowest BCUT2D eigenvalue weighted by Crippen LogP contribution is -1.97. The number of methoxy groups -OCH3 is 1. The standard InChI is InChI=1S/C14H17NOS/c1-8-6-9(2)13(14(16-5)10(8)3)12-7-17-11(4)15-12/h6-7H,1-5H3. The van der Waals surface area contributed by atoms with E-state index in [4.69, 9.17) is 4.74 Å². The van der Waals surface area contributed by atoms with Crippen LogP contribution in [0.1, 0.15) is 21.7 Å². The second-order valence-corrected chi connectivity index (χ2v) is 5.36. The third kappa shape index (κ3) is 2.07. The molecule has 90 valence electrons. The Morgan fingerprint density at radius 1 is 1.12 bits per heavy atom. The van der Waals surface area contributed by atoms with E-state index in [1.54, 1.807) is 18.4 Å². The lowest BCUT2D eigenvalue weighted by atomic mass is 9.97. The highest BCUT2D eigenvalue weighted by atomic mass is 32.1. The summed E-state index contributed by atoms with van der Waals surface area (Å²) >= 11 is 1.67. The zero-order valence-corrected chi connectivity index (χ0v) is 11.7. The Morgan fingerprint density at radius 2 is 1.82 bits per heavy atom. The molecule has 0 aliphatic rings. The zero-order chi connectivity index (χ0) is 12.6. The lowest BCUT2D eigenvalue weighted by molar-refractivity contribution is 0.412. The summed E-state index contributed by atoms with van der Waals surface area (Å²) in [6.45, 7) is 8.34. The Hall–Kier alpha value is -1.35. The van der Waals surface area contributed by atoms with E-state index in [2.05, 4.69) is 37.2 Å². The van der Waals surface area contributed by atoms with Crippen LogP contribution in [0.3, 0.4) is 0 Å². The number of rotatable bonds is 2. The molecule has 1 heterocycles. The SMILES string of the molecule is COc1c(C)c(C)cc(C)c1-c1csc(C)n1. The number of nitrogens with zero attached hydrogens (tertiary/aromatic N) is 1. The average Bonchev–Trinajstić information content (AvgIpc) is 2.69. The first-order valence-corrected chi connectivity index (χ1v) is 6.50. The predicted octanol–water partition coefficient (Wildman–Crippen LogP) is 4.05. The largest absolute Gasteiger partial charge is 0.496 e. The van der Waals surface area contributed by atoms with Gasteiger partial charge in [0.15, 0.2) is 0 Å². The van der Waals surface area contributed by atoms with Crippen molar-refractivity contribution in [1.29, 1.82) is 0 Å². The smallest absolute Gasteiger partial charge is 0.131 e. The van der Waals surface area contributed by atoms with Crippen molar-refractivity contribution in [3.8, 4) is 17.0 Å². The molecule has 3 heteroatoms. The van der Waals surface area contributed by atoms with E-state index < -0.39 is 0 Å². The Labute approximate surface area is 106 Å². The summed E-state index contributed by atoms with van der Waals surface area (Å²) in [7, 11) is 1.73. The highest BCUT2D eigenvalue weighted by molar-refractivity contribution is 7.09. The first kappa shape index (κ1) is 12.1. The number of hydrogen-bond donors (Lipinski definition) is 0. The molecule has 0 aliphatic carbocycles. The predicted molar refractivity (Wildman–Crippen MR) is 73.1 cm³/mol. The number of ether oxygens (including phenoxy) is 1. The fourth-order valence-corrected chi connectivity index (χ4v) is 2.71. The van der Waals surface area contributed by atoms with Crippen molar-refractivity contribution in [2.45, 2.75) is 27.7 Å². The molecule has 2 aromatic rings. The van der Waals surface area contributed by atoms with Gasteiger partial charge in [-0.1, -0.05) is 6.07 Å². The summed E-state index contributed by atoms with van der Waals surface area (Å²) in [5.74, 6) is 0.952. The van der Waals surface area contributed by atoms with Gasteiger partial charge in [0.1, 0.15) is 5.75 Å². The van der Waals surface area contributed by atoms with E-state index in [0.29, 0.717) is 0 Å². The topological polar surface area (TPSA) is 22.1 Å². The molecule has 2 nitrogen and oxygen atoms in total.